The summed E-state index contributed by atoms with van der Waals surface area (Å²) >= 11 is 5.74. The number of aliphatic hydroxyl groups excluding tert-OH is 1. The van der Waals surface area contributed by atoms with E-state index in [0.717, 1.165) is 25.7 Å². The second kappa shape index (κ2) is 5.67. The van der Waals surface area contributed by atoms with E-state index in [1.807, 2.05) is 0 Å². The summed E-state index contributed by atoms with van der Waals surface area (Å²) < 4.78 is 0. The predicted molar refractivity (Wildman–Crippen MR) is 69.6 cm³/mol. The Hall–Kier alpha value is -1.13. The maximum absolute atomic E-state index is 12.2. The van der Waals surface area contributed by atoms with Crippen LogP contribution >= 0.6 is 11.6 Å². The molecule has 2 atom stereocenters. The van der Waals surface area contributed by atoms with Crippen molar-refractivity contribution in [1.29, 1.82) is 0 Å². The molecular formula is C13H17ClN2O2. The van der Waals surface area contributed by atoms with Crippen LogP contribution in [0.5, 0.6) is 0 Å². The highest BCUT2D eigenvalue weighted by Crippen LogP contribution is 2.23. The lowest BCUT2D eigenvalue weighted by atomic mass is 9.91. The Kier molecular flexibility index (Phi) is 4.19. The number of amides is 1. The van der Waals surface area contributed by atoms with E-state index in [4.69, 9.17) is 11.6 Å². The van der Waals surface area contributed by atoms with Gasteiger partial charge in [0.15, 0.2) is 0 Å². The first-order valence-electron chi connectivity index (χ1n) is 6.16. The van der Waals surface area contributed by atoms with Gasteiger partial charge in [-0.3, -0.25) is 4.79 Å². The molecule has 1 aliphatic carbocycles. The first-order valence-corrected chi connectivity index (χ1v) is 6.54. The standard InChI is InChI=1S/C13H17ClN2O2/c1-16(11-4-2-3-5-12(11)17)13(18)10-7-6-9(14)8-15-10/h6-8,11-12,17H,2-5H2,1H3. The van der Waals surface area contributed by atoms with Crippen LogP contribution in [0.15, 0.2) is 18.3 Å². The maximum Gasteiger partial charge on any atom is 0.272 e. The average Bonchev–Trinajstić information content (AvgIpc) is 2.38. The number of nitrogens with zero attached hydrogens (tertiary/aromatic N) is 2. The maximum atomic E-state index is 12.2. The molecule has 4 nitrogen and oxygen atoms in total. The minimum atomic E-state index is -0.431. The largest absolute Gasteiger partial charge is 0.391 e. The summed E-state index contributed by atoms with van der Waals surface area (Å²) in [6, 6.07) is 3.15. The molecule has 0 bridgehead atoms. The van der Waals surface area contributed by atoms with Crippen molar-refractivity contribution in [1.82, 2.24) is 9.88 Å². The zero-order chi connectivity index (χ0) is 13.1. The fourth-order valence-electron chi connectivity index (χ4n) is 2.38. The molecule has 0 saturated heterocycles. The van der Waals surface area contributed by atoms with Crippen molar-refractivity contribution in [2.75, 3.05) is 7.05 Å². The van der Waals surface area contributed by atoms with E-state index in [9.17, 15) is 9.90 Å². The lowest BCUT2D eigenvalue weighted by Gasteiger charge is -2.35. The smallest absolute Gasteiger partial charge is 0.272 e. The molecule has 1 amide bonds. The zero-order valence-corrected chi connectivity index (χ0v) is 11.1. The third-order valence-corrected chi connectivity index (χ3v) is 3.68. The Balaban J connectivity index is 2.10. The van der Waals surface area contributed by atoms with Crippen LogP contribution in [0.25, 0.3) is 0 Å². The summed E-state index contributed by atoms with van der Waals surface area (Å²) in [7, 11) is 1.72. The van der Waals surface area contributed by atoms with Gasteiger partial charge in [-0.1, -0.05) is 24.4 Å². The van der Waals surface area contributed by atoms with Gasteiger partial charge in [0.1, 0.15) is 5.69 Å². The molecule has 0 aromatic carbocycles. The number of hydrogen-bond acceptors (Lipinski definition) is 3. The highest BCUT2D eigenvalue weighted by molar-refractivity contribution is 6.30. The minimum Gasteiger partial charge on any atom is -0.391 e. The Morgan fingerprint density at radius 2 is 2.17 bits per heavy atom. The summed E-state index contributed by atoms with van der Waals surface area (Å²) in [5.41, 5.74) is 0.361. The van der Waals surface area contributed by atoms with E-state index >= 15 is 0 Å². The number of carbonyl (C=O) groups excluding carboxylic acids is 1. The summed E-state index contributed by atoms with van der Waals surface area (Å²) in [6.07, 6.45) is 4.71. The number of halogens is 1. The molecule has 0 aliphatic heterocycles. The molecule has 2 rings (SSSR count). The minimum absolute atomic E-state index is 0.108. The van der Waals surface area contributed by atoms with Crippen LogP contribution in [-0.4, -0.2) is 40.1 Å². The molecule has 2 unspecified atom stereocenters. The Morgan fingerprint density at radius 3 is 2.78 bits per heavy atom. The van der Waals surface area contributed by atoms with Crippen molar-refractivity contribution in [3.8, 4) is 0 Å². The predicted octanol–water partition coefficient (Wildman–Crippen LogP) is 2.11. The SMILES string of the molecule is CN(C(=O)c1ccc(Cl)cn1)C1CCCCC1O. The number of rotatable bonds is 2. The van der Waals surface area contributed by atoms with Gasteiger partial charge in [-0.05, 0) is 25.0 Å². The second-order valence-corrected chi connectivity index (χ2v) is 5.13. The van der Waals surface area contributed by atoms with Crippen molar-refractivity contribution in [3.63, 3.8) is 0 Å². The van der Waals surface area contributed by atoms with Crippen LogP contribution in [0.3, 0.4) is 0 Å². The van der Waals surface area contributed by atoms with Crippen LogP contribution in [0.4, 0.5) is 0 Å². The molecule has 18 heavy (non-hydrogen) atoms. The third-order valence-electron chi connectivity index (χ3n) is 3.46. The van der Waals surface area contributed by atoms with E-state index in [-0.39, 0.29) is 11.9 Å². The van der Waals surface area contributed by atoms with Crippen molar-refractivity contribution < 1.29 is 9.90 Å². The van der Waals surface area contributed by atoms with Crippen LogP contribution in [0.1, 0.15) is 36.2 Å². The van der Waals surface area contributed by atoms with Gasteiger partial charge < -0.3 is 10.0 Å². The first-order chi connectivity index (χ1) is 8.59. The van der Waals surface area contributed by atoms with Gasteiger partial charge in [0.25, 0.3) is 5.91 Å². The number of aliphatic hydroxyl groups is 1. The van der Waals surface area contributed by atoms with Gasteiger partial charge in [0.05, 0.1) is 17.2 Å². The van der Waals surface area contributed by atoms with Gasteiger partial charge in [-0.25, -0.2) is 4.98 Å². The van der Waals surface area contributed by atoms with Crippen LogP contribution in [-0.2, 0) is 0 Å². The van der Waals surface area contributed by atoms with Crippen LogP contribution in [0, 0.1) is 0 Å². The van der Waals surface area contributed by atoms with E-state index in [0.29, 0.717) is 10.7 Å². The molecule has 0 spiro atoms. The lowest BCUT2D eigenvalue weighted by molar-refractivity contribution is 0.0264. The molecule has 1 N–H and O–H groups in total. The Labute approximate surface area is 112 Å². The molecule has 1 aromatic rings. The lowest BCUT2D eigenvalue weighted by Crippen LogP contribution is -2.46. The Morgan fingerprint density at radius 1 is 1.44 bits per heavy atom. The second-order valence-electron chi connectivity index (χ2n) is 4.70. The third kappa shape index (κ3) is 2.82. The summed E-state index contributed by atoms with van der Waals surface area (Å²) in [6.45, 7) is 0. The summed E-state index contributed by atoms with van der Waals surface area (Å²) in [4.78, 5) is 17.8. The number of hydrogen-bond donors (Lipinski definition) is 1. The molecule has 5 heteroatoms. The summed E-state index contributed by atoms with van der Waals surface area (Å²) in [5.74, 6) is -0.169. The molecule has 1 heterocycles. The topological polar surface area (TPSA) is 53.4 Å². The molecule has 0 radical (unpaired) electrons. The van der Waals surface area contributed by atoms with Gasteiger partial charge in [-0.2, -0.15) is 0 Å². The number of pyridine rings is 1. The van der Waals surface area contributed by atoms with Gasteiger partial charge in [0.2, 0.25) is 0 Å². The van der Waals surface area contributed by atoms with E-state index < -0.39 is 6.10 Å². The van der Waals surface area contributed by atoms with E-state index in [1.54, 1.807) is 24.1 Å². The molecule has 1 aliphatic rings. The van der Waals surface area contributed by atoms with Crippen molar-refractivity contribution in [2.45, 2.75) is 37.8 Å². The molecule has 98 valence electrons. The number of carbonyl (C=O) groups is 1. The van der Waals surface area contributed by atoms with Gasteiger partial charge in [-0.15, -0.1) is 0 Å². The van der Waals surface area contributed by atoms with Gasteiger partial charge >= 0.3 is 0 Å². The fraction of sp³-hybridized carbons (Fsp3) is 0.538. The molecular weight excluding hydrogens is 252 g/mol. The van der Waals surface area contributed by atoms with Crippen molar-refractivity contribution in [2.24, 2.45) is 0 Å². The van der Waals surface area contributed by atoms with Crippen LogP contribution in [0.2, 0.25) is 5.02 Å². The molecule has 1 fully saturated rings. The monoisotopic (exact) mass is 268 g/mol. The van der Waals surface area contributed by atoms with Crippen molar-refractivity contribution >= 4 is 17.5 Å². The highest BCUT2D eigenvalue weighted by atomic mass is 35.5. The first kappa shape index (κ1) is 13.3. The molecule has 1 saturated carbocycles. The highest BCUT2D eigenvalue weighted by Gasteiger charge is 2.30. The average molecular weight is 269 g/mol. The Bertz CT molecular complexity index is 422. The fourth-order valence-corrected chi connectivity index (χ4v) is 2.49. The van der Waals surface area contributed by atoms with Crippen molar-refractivity contribution in [3.05, 3.63) is 29.0 Å². The zero-order valence-electron chi connectivity index (χ0n) is 10.3. The van der Waals surface area contributed by atoms with Gasteiger partial charge in [0, 0.05) is 13.2 Å². The molecule has 1 aromatic heterocycles. The van der Waals surface area contributed by atoms with E-state index in [2.05, 4.69) is 4.98 Å². The van der Waals surface area contributed by atoms with Crippen LogP contribution < -0.4 is 0 Å². The normalized spacial score (nSPS) is 23.7. The van der Waals surface area contributed by atoms with E-state index in [1.165, 1.54) is 6.20 Å². The number of likely N-dealkylation sites (N-methyl/N-ethyl adjacent to an activating group) is 1. The quantitative estimate of drug-likeness (QED) is 0.894. The summed E-state index contributed by atoms with van der Waals surface area (Å²) in [5, 5.41) is 10.5. The number of aromatic nitrogens is 1.